The summed E-state index contributed by atoms with van der Waals surface area (Å²) in [6, 6.07) is 13.4. The first-order chi connectivity index (χ1) is 10.1. The average Bonchev–Trinajstić information content (AvgIpc) is 2.49. The van der Waals surface area contributed by atoms with Crippen molar-refractivity contribution in [1.82, 2.24) is 0 Å². The van der Waals surface area contributed by atoms with Gasteiger partial charge < -0.3 is 9.84 Å². The smallest absolute Gasteiger partial charge is 0.342 e. The maximum Gasteiger partial charge on any atom is 0.342 e. The molecule has 0 aliphatic carbocycles. The van der Waals surface area contributed by atoms with Gasteiger partial charge >= 0.3 is 5.97 Å². The summed E-state index contributed by atoms with van der Waals surface area (Å²) in [6.07, 6.45) is 0. The molecule has 0 saturated heterocycles. The number of fused-ring (bicyclic) bond motifs is 3. The number of benzene rings is 3. The van der Waals surface area contributed by atoms with E-state index in [4.69, 9.17) is 4.74 Å². The number of phenols is 1. The minimum atomic E-state index is -0.486. The quantitative estimate of drug-likeness (QED) is 0.565. The van der Waals surface area contributed by atoms with Gasteiger partial charge in [-0.3, -0.25) is 0 Å². The molecule has 0 bridgehead atoms. The van der Waals surface area contributed by atoms with E-state index >= 15 is 0 Å². The second-order valence-electron chi connectivity index (χ2n) is 4.99. The zero-order chi connectivity index (χ0) is 15.0. The van der Waals surface area contributed by atoms with Crippen molar-refractivity contribution in [3.63, 3.8) is 0 Å². The van der Waals surface area contributed by atoms with Gasteiger partial charge in [0.05, 0.1) is 6.61 Å². The summed E-state index contributed by atoms with van der Waals surface area (Å²) in [5.41, 5.74) is 1.19. The van der Waals surface area contributed by atoms with Gasteiger partial charge in [0.25, 0.3) is 0 Å². The molecule has 3 heteroatoms. The van der Waals surface area contributed by atoms with Gasteiger partial charge in [-0.1, -0.05) is 42.5 Å². The van der Waals surface area contributed by atoms with E-state index in [-0.39, 0.29) is 17.9 Å². The van der Waals surface area contributed by atoms with Crippen LogP contribution in [0.3, 0.4) is 0 Å². The third-order valence-corrected chi connectivity index (χ3v) is 3.71. The molecule has 0 heterocycles. The summed E-state index contributed by atoms with van der Waals surface area (Å²) in [6.45, 7) is 3.96. The molecule has 0 aliphatic heterocycles. The molecule has 0 atom stereocenters. The van der Waals surface area contributed by atoms with Crippen LogP contribution in [-0.4, -0.2) is 17.7 Å². The van der Waals surface area contributed by atoms with Gasteiger partial charge in [-0.05, 0) is 30.2 Å². The summed E-state index contributed by atoms with van der Waals surface area (Å²) in [5, 5.41) is 13.9. The Bertz CT molecular complexity index is 850. The summed E-state index contributed by atoms with van der Waals surface area (Å²) in [5.74, 6) is -0.495. The first kappa shape index (κ1) is 13.4. The van der Waals surface area contributed by atoms with Crippen molar-refractivity contribution in [2.75, 3.05) is 6.61 Å². The van der Waals surface area contributed by atoms with Crippen LogP contribution in [0, 0.1) is 6.92 Å². The third kappa shape index (κ3) is 2.02. The van der Waals surface area contributed by atoms with E-state index in [0.29, 0.717) is 5.39 Å². The highest BCUT2D eigenvalue weighted by atomic mass is 16.5. The highest BCUT2D eigenvalue weighted by Gasteiger charge is 2.21. The van der Waals surface area contributed by atoms with Gasteiger partial charge in [-0.2, -0.15) is 0 Å². The molecular weight excluding hydrogens is 264 g/mol. The molecule has 21 heavy (non-hydrogen) atoms. The highest BCUT2D eigenvalue weighted by molar-refractivity contribution is 6.20. The number of hydrogen-bond acceptors (Lipinski definition) is 3. The predicted molar refractivity (Wildman–Crippen MR) is 83.8 cm³/mol. The third-order valence-electron chi connectivity index (χ3n) is 3.71. The zero-order valence-electron chi connectivity index (χ0n) is 12.0. The number of esters is 1. The number of aromatic hydroxyl groups is 1. The van der Waals surface area contributed by atoms with Crippen LogP contribution in [0.15, 0.2) is 42.5 Å². The molecule has 3 aromatic rings. The van der Waals surface area contributed by atoms with Crippen molar-refractivity contribution >= 4 is 27.5 Å². The molecule has 0 radical (unpaired) electrons. The molecule has 0 saturated carbocycles. The van der Waals surface area contributed by atoms with Crippen molar-refractivity contribution in [3.8, 4) is 5.75 Å². The Morgan fingerprint density at radius 2 is 1.71 bits per heavy atom. The molecule has 0 unspecified atom stereocenters. The van der Waals surface area contributed by atoms with Crippen LogP contribution in [0.4, 0.5) is 0 Å². The fourth-order valence-electron chi connectivity index (χ4n) is 2.80. The monoisotopic (exact) mass is 280 g/mol. The van der Waals surface area contributed by atoms with Crippen LogP contribution < -0.4 is 0 Å². The van der Waals surface area contributed by atoms with Gasteiger partial charge in [0.15, 0.2) is 0 Å². The van der Waals surface area contributed by atoms with Gasteiger partial charge in [-0.25, -0.2) is 4.79 Å². The standard InChI is InChI=1S/C18H16O3/c1-3-21-18(20)16-15-11(2)7-6-10-13(15)12-8-4-5-9-14(12)17(16)19/h4-10,19H,3H2,1-2H3. The number of aryl methyl sites for hydroxylation is 1. The summed E-state index contributed by atoms with van der Waals surface area (Å²) in [7, 11) is 0. The molecule has 0 spiro atoms. The van der Waals surface area contributed by atoms with Gasteiger partial charge in [0.2, 0.25) is 0 Å². The number of hydrogen-bond donors (Lipinski definition) is 1. The van der Waals surface area contributed by atoms with E-state index in [0.717, 1.165) is 21.7 Å². The topological polar surface area (TPSA) is 46.5 Å². The van der Waals surface area contributed by atoms with Crippen LogP contribution >= 0.6 is 0 Å². The molecule has 0 aliphatic rings. The van der Waals surface area contributed by atoms with E-state index in [1.54, 1.807) is 6.92 Å². The van der Waals surface area contributed by atoms with Crippen LogP contribution in [0.5, 0.6) is 5.75 Å². The molecule has 0 fully saturated rings. The lowest BCUT2D eigenvalue weighted by atomic mass is 9.93. The highest BCUT2D eigenvalue weighted by Crippen LogP contribution is 2.38. The fourth-order valence-corrected chi connectivity index (χ4v) is 2.80. The van der Waals surface area contributed by atoms with E-state index < -0.39 is 5.97 Å². The van der Waals surface area contributed by atoms with Crippen LogP contribution in [-0.2, 0) is 4.74 Å². The number of ether oxygens (including phenoxy) is 1. The Kier molecular flexibility index (Phi) is 3.26. The van der Waals surface area contributed by atoms with Crippen molar-refractivity contribution < 1.29 is 14.6 Å². The number of rotatable bonds is 2. The maximum atomic E-state index is 12.3. The Morgan fingerprint density at radius 1 is 1.05 bits per heavy atom. The molecule has 0 amide bonds. The largest absolute Gasteiger partial charge is 0.506 e. The van der Waals surface area contributed by atoms with Gasteiger partial charge in [0, 0.05) is 10.8 Å². The molecule has 1 N–H and O–H groups in total. The van der Waals surface area contributed by atoms with E-state index in [1.807, 2.05) is 49.4 Å². The number of phenolic OH excluding ortho intramolecular Hbond substituents is 1. The second-order valence-corrected chi connectivity index (χ2v) is 4.99. The van der Waals surface area contributed by atoms with Crippen molar-refractivity contribution in [1.29, 1.82) is 0 Å². The van der Waals surface area contributed by atoms with Crippen molar-refractivity contribution in [3.05, 3.63) is 53.6 Å². The second kappa shape index (κ2) is 5.09. The van der Waals surface area contributed by atoms with Crippen molar-refractivity contribution in [2.45, 2.75) is 13.8 Å². The first-order valence-corrected chi connectivity index (χ1v) is 6.95. The van der Waals surface area contributed by atoms with Crippen LogP contribution in [0.25, 0.3) is 21.5 Å². The van der Waals surface area contributed by atoms with E-state index in [9.17, 15) is 9.90 Å². The van der Waals surface area contributed by atoms with Crippen LogP contribution in [0.1, 0.15) is 22.8 Å². The van der Waals surface area contributed by atoms with E-state index in [2.05, 4.69) is 0 Å². The lowest BCUT2D eigenvalue weighted by molar-refractivity contribution is 0.0526. The van der Waals surface area contributed by atoms with Gasteiger partial charge in [0.1, 0.15) is 11.3 Å². The first-order valence-electron chi connectivity index (χ1n) is 6.95. The summed E-state index contributed by atoms with van der Waals surface area (Å²) < 4.78 is 5.12. The lowest BCUT2D eigenvalue weighted by Gasteiger charge is -2.14. The SMILES string of the molecule is CCOC(=O)c1c(O)c2ccccc2c2cccc(C)c12. The number of carbonyl (C=O) groups is 1. The lowest BCUT2D eigenvalue weighted by Crippen LogP contribution is -2.07. The Hall–Kier alpha value is -2.55. The minimum absolute atomic E-state index is 0.00847. The average molecular weight is 280 g/mol. The summed E-state index contributed by atoms with van der Waals surface area (Å²) >= 11 is 0. The Labute approximate surface area is 122 Å². The van der Waals surface area contributed by atoms with Gasteiger partial charge in [-0.15, -0.1) is 0 Å². The number of carbonyl (C=O) groups excluding carboxylic acids is 1. The molecule has 3 rings (SSSR count). The van der Waals surface area contributed by atoms with Crippen molar-refractivity contribution in [2.24, 2.45) is 0 Å². The fraction of sp³-hybridized carbons (Fsp3) is 0.167. The molecule has 3 aromatic carbocycles. The summed E-state index contributed by atoms with van der Waals surface area (Å²) in [4.78, 5) is 12.3. The Balaban J connectivity index is 2.53. The molecule has 106 valence electrons. The maximum absolute atomic E-state index is 12.3. The molecular formula is C18H16O3. The molecule has 0 aromatic heterocycles. The molecule has 3 nitrogen and oxygen atoms in total. The van der Waals surface area contributed by atoms with E-state index in [1.165, 1.54) is 0 Å². The van der Waals surface area contributed by atoms with Crippen LogP contribution in [0.2, 0.25) is 0 Å². The predicted octanol–water partition coefficient (Wildman–Crippen LogP) is 4.18. The minimum Gasteiger partial charge on any atom is -0.506 e. The Morgan fingerprint density at radius 3 is 2.43 bits per heavy atom. The zero-order valence-corrected chi connectivity index (χ0v) is 12.0. The normalized spacial score (nSPS) is 11.0.